The molecule has 0 radical (unpaired) electrons. The van der Waals surface area contributed by atoms with Gasteiger partial charge in [-0.2, -0.15) is 8.42 Å². The standard InChI is InChI=1S/C17H13N3O6S/c1-11(21)19-15-8-9-16(14-3-2-10-18-17(14)15)26-27(24,25)13-6-4-12(5-7-13)20(22)23/h2-10H,1H3,(H,19,21). The number of carbonyl (C=O) groups excluding carboxylic acids is 1. The minimum atomic E-state index is -4.22. The molecule has 0 saturated heterocycles. The van der Waals surface area contributed by atoms with Gasteiger partial charge in [0, 0.05) is 30.6 Å². The summed E-state index contributed by atoms with van der Waals surface area (Å²) in [5.74, 6) is -0.278. The van der Waals surface area contributed by atoms with Crippen molar-refractivity contribution < 1.29 is 22.3 Å². The molecular weight excluding hydrogens is 374 g/mol. The van der Waals surface area contributed by atoms with Gasteiger partial charge in [0.2, 0.25) is 5.91 Å². The molecule has 0 aliphatic rings. The maximum Gasteiger partial charge on any atom is 0.339 e. The first-order valence-corrected chi connectivity index (χ1v) is 9.03. The molecule has 138 valence electrons. The monoisotopic (exact) mass is 387 g/mol. The van der Waals surface area contributed by atoms with E-state index >= 15 is 0 Å². The summed E-state index contributed by atoms with van der Waals surface area (Å²) in [5.41, 5.74) is 0.547. The molecule has 0 atom stereocenters. The van der Waals surface area contributed by atoms with E-state index < -0.39 is 15.0 Å². The first-order valence-electron chi connectivity index (χ1n) is 7.62. The molecular formula is C17H13N3O6S. The number of nitrogens with one attached hydrogen (secondary N) is 1. The Morgan fingerprint density at radius 1 is 1.15 bits per heavy atom. The van der Waals surface area contributed by atoms with E-state index in [9.17, 15) is 23.3 Å². The summed E-state index contributed by atoms with van der Waals surface area (Å²) in [6, 6.07) is 10.4. The van der Waals surface area contributed by atoms with Gasteiger partial charge in [-0.05, 0) is 36.4 Å². The number of pyridine rings is 1. The van der Waals surface area contributed by atoms with E-state index in [2.05, 4.69) is 10.3 Å². The summed E-state index contributed by atoms with van der Waals surface area (Å²) < 4.78 is 30.2. The van der Waals surface area contributed by atoms with Crippen LogP contribution >= 0.6 is 0 Å². The van der Waals surface area contributed by atoms with Gasteiger partial charge < -0.3 is 9.50 Å². The van der Waals surface area contributed by atoms with Crippen molar-refractivity contribution in [2.24, 2.45) is 0 Å². The fourth-order valence-electron chi connectivity index (χ4n) is 2.41. The zero-order valence-corrected chi connectivity index (χ0v) is 14.8. The molecule has 0 aliphatic carbocycles. The van der Waals surface area contributed by atoms with Crippen LogP contribution in [0.3, 0.4) is 0 Å². The van der Waals surface area contributed by atoms with Crippen LogP contribution in [0.4, 0.5) is 11.4 Å². The molecule has 1 aromatic heterocycles. The maximum absolute atomic E-state index is 12.5. The van der Waals surface area contributed by atoms with Gasteiger partial charge in [-0.15, -0.1) is 0 Å². The number of benzene rings is 2. The lowest BCUT2D eigenvalue weighted by molar-refractivity contribution is -0.384. The molecule has 0 saturated carbocycles. The first kappa shape index (κ1) is 18.3. The fourth-order valence-corrected chi connectivity index (χ4v) is 3.36. The summed E-state index contributed by atoms with van der Waals surface area (Å²) >= 11 is 0. The van der Waals surface area contributed by atoms with Crippen LogP contribution in [0.25, 0.3) is 10.9 Å². The highest BCUT2D eigenvalue weighted by molar-refractivity contribution is 7.87. The lowest BCUT2D eigenvalue weighted by Crippen LogP contribution is -2.11. The smallest absolute Gasteiger partial charge is 0.339 e. The number of amides is 1. The third kappa shape index (κ3) is 3.85. The number of nitro benzene ring substituents is 1. The number of hydrogen-bond acceptors (Lipinski definition) is 7. The molecule has 0 bridgehead atoms. The molecule has 0 spiro atoms. The lowest BCUT2D eigenvalue weighted by Gasteiger charge is -2.12. The molecule has 0 fully saturated rings. The number of nitro groups is 1. The van der Waals surface area contributed by atoms with Gasteiger partial charge in [-0.25, -0.2) is 0 Å². The quantitative estimate of drug-likeness (QED) is 0.405. The summed E-state index contributed by atoms with van der Waals surface area (Å²) in [5, 5.41) is 13.7. The summed E-state index contributed by atoms with van der Waals surface area (Å²) in [6.45, 7) is 1.35. The van der Waals surface area contributed by atoms with Gasteiger partial charge in [0.05, 0.1) is 16.1 Å². The van der Waals surface area contributed by atoms with Crippen LogP contribution in [-0.2, 0) is 14.9 Å². The Morgan fingerprint density at radius 3 is 2.48 bits per heavy atom. The fraction of sp³-hybridized carbons (Fsp3) is 0.0588. The van der Waals surface area contributed by atoms with Crippen molar-refractivity contribution in [1.82, 2.24) is 4.98 Å². The Morgan fingerprint density at radius 2 is 1.85 bits per heavy atom. The number of nitrogens with zero attached hydrogens (tertiary/aromatic N) is 2. The summed E-state index contributed by atoms with van der Waals surface area (Å²) in [4.78, 5) is 25.3. The van der Waals surface area contributed by atoms with Crippen LogP contribution in [0, 0.1) is 10.1 Å². The van der Waals surface area contributed by atoms with Crippen LogP contribution in [0.5, 0.6) is 5.75 Å². The summed E-state index contributed by atoms with van der Waals surface area (Å²) in [7, 11) is -4.22. The second-order valence-electron chi connectivity index (χ2n) is 5.48. The van der Waals surface area contributed by atoms with Crippen LogP contribution in [-0.4, -0.2) is 24.2 Å². The highest BCUT2D eigenvalue weighted by atomic mass is 32.2. The third-order valence-electron chi connectivity index (χ3n) is 3.58. The maximum atomic E-state index is 12.5. The van der Waals surface area contributed by atoms with E-state index in [1.807, 2.05) is 0 Å². The van der Waals surface area contributed by atoms with Gasteiger partial charge in [0.25, 0.3) is 5.69 Å². The number of carbonyl (C=O) groups is 1. The van der Waals surface area contributed by atoms with Gasteiger partial charge >= 0.3 is 10.1 Å². The Kier molecular flexibility index (Phi) is 4.74. The molecule has 0 unspecified atom stereocenters. The number of hydrogen-bond donors (Lipinski definition) is 1. The molecule has 10 heteroatoms. The average Bonchev–Trinajstić information content (AvgIpc) is 2.63. The second kappa shape index (κ2) is 7.00. The normalized spacial score (nSPS) is 11.1. The Hall–Kier alpha value is -3.53. The van der Waals surface area contributed by atoms with Crippen molar-refractivity contribution in [2.75, 3.05) is 5.32 Å². The predicted octanol–water partition coefficient (Wildman–Crippen LogP) is 2.87. The number of aromatic nitrogens is 1. The molecule has 2 aromatic carbocycles. The lowest BCUT2D eigenvalue weighted by atomic mass is 10.1. The Balaban J connectivity index is 2.00. The van der Waals surface area contributed by atoms with Crippen molar-refractivity contribution in [3.8, 4) is 5.75 Å². The number of non-ortho nitro benzene ring substituents is 1. The minimum Gasteiger partial charge on any atom is -0.378 e. The second-order valence-corrected chi connectivity index (χ2v) is 7.03. The van der Waals surface area contributed by atoms with E-state index in [1.165, 1.54) is 25.3 Å². The first-order chi connectivity index (χ1) is 12.8. The van der Waals surface area contributed by atoms with Gasteiger partial charge in [-0.1, -0.05) is 0 Å². The summed E-state index contributed by atoms with van der Waals surface area (Å²) in [6.07, 6.45) is 1.50. The van der Waals surface area contributed by atoms with Crippen molar-refractivity contribution in [3.05, 3.63) is 64.8 Å². The van der Waals surface area contributed by atoms with Crippen molar-refractivity contribution in [1.29, 1.82) is 0 Å². The Labute approximate surface area is 153 Å². The van der Waals surface area contributed by atoms with Crippen molar-refractivity contribution in [3.63, 3.8) is 0 Å². The van der Waals surface area contributed by atoms with Crippen LogP contribution in [0.1, 0.15) is 6.92 Å². The highest BCUT2D eigenvalue weighted by Gasteiger charge is 2.20. The minimum absolute atomic E-state index is 0.0190. The molecule has 1 amide bonds. The van der Waals surface area contributed by atoms with Gasteiger partial charge in [0.1, 0.15) is 4.90 Å². The van der Waals surface area contributed by atoms with Crippen LogP contribution < -0.4 is 9.50 Å². The predicted molar refractivity (Wildman–Crippen MR) is 97.0 cm³/mol. The molecule has 1 N–H and O–H groups in total. The Bertz CT molecular complexity index is 1140. The van der Waals surface area contributed by atoms with Gasteiger partial charge in [0.15, 0.2) is 5.75 Å². The van der Waals surface area contributed by atoms with E-state index in [-0.39, 0.29) is 22.2 Å². The highest BCUT2D eigenvalue weighted by Crippen LogP contribution is 2.32. The number of rotatable bonds is 5. The SMILES string of the molecule is CC(=O)Nc1ccc(OS(=O)(=O)c2ccc([N+](=O)[O-])cc2)c2cccnc12. The van der Waals surface area contributed by atoms with E-state index in [4.69, 9.17) is 4.18 Å². The molecule has 27 heavy (non-hydrogen) atoms. The van der Waals surface area contributed by atoms with Crippen molar-refractivity contribution in [2.45, 2.75) is 11.8 Å². The zero-order chi connectivity index (χ0) is 19.6. The third-order valence-corrected chi connectivity index (χ3v) is 4.82. The number of fused-ring (bicyclic) bond motifs is 1. The van der Waals surface area contributed by atoms with E-state index in [0.29, 0.717) is 16.6 Å². The van der Waals surface area contributed by atoms with E-state index in [1.54, 1.807) is 12.1 Å². The molecule has 1 heterocycles. The van der Waals surface area contributed by atoms with E-state index in [0.717, 1.165) is 24.3 Å². The van der Waals surface area contributed by atoms with Crippen molar-refractivity contribution >= 4 is 38.3 Å². The zero-order valence-electron chi connectivity index (χ0n) is 13.9. The van der Waals surface area contributed by atoms with Crippen LogP contribution in [0.15, 0.2) is 59.6 Å². The molecule has 3 aromatic rings. The number of anilines is 1. The molecule has 9 nitrogen and oxygen atoms in total. The van der Waals surface area contributed by atoms with Gasteiger partial charge in [-0.3, -0.25) is 19.9 Å². The average molecular weight is 387 g/mol. The topological polar surface area (TPSA) is 128 Å². The molecule has 3 rings (SSSR count). The van der Waals surface area contributed by atoms with Crippen LogP contribution in [0.2, 0.25) is 0 Å². The molecule has 0 aliphatic heterocycles. The largest absolute Gasteiger partial charge is 0.378 e.